The molecule has 2 aromatic rings. The Morgan fingerprint density at radius 1 is 1.32 bits per heavy atom. The standard InChI is InChI=1S/C13H14N4OS/c1-9(2)12-16-17-13(19-12)15-11(18)4-3-10-5-7-14-8-6-10/h3-9H,1-2H3,(H,15,17,18)/b4-3+. The molecule has 0 atom stereocenters. The molecule has 5 nitrogen and oxygen atoms in total. The van der Waals surface area contributed by atoms with E-state index >= 15 is 0 Å². The molecule has 1 N–H and O–H groups in total. The van der Waals surface area contributed by atoms with Gasteiger partial charge in [0.15, 0.2) is 0 Å². The van der Waals surface area contributed by atoms with Crippen LogP contribution in [0.25, 0.3) is 6.08 Å². The Bertz CT molecular complexity index is 577. The number of hydrogen-bond acceptors (Lipinski definition) is 5. The number of amides is 1. The van der Waals surface area contributed by atoms with Gasteiger partial charge in [0.25, 0.3) is 0 Å². The molecule has 0 aromatic carbocycles. The number of rotatable bonds is 4. The lowest BCUT2D eigenvalue weighted by molar-refractivity contribution is -0.111. The highest BCUT2D eigenvalue weighted by molar-refractivity contribution is 7.15. The number of hydrogen-bond donors (Lipinski definition) is 1. The van der Waals surface area contributed by atoms with Crippen LogP contribution in [0, 0.1) is 0 Å². The van der Waals surface area contributed by atoms with E-state index in [9.17, 15) is 4.79 Å². The van der Waals surface area contributed by atoms with Gasteiger partial charge < -0.3 is 0 Å². The van der Waals surface area contributed by atoms with Crippen molar-refractivity contribution in [2.45, 2.75) is 19.8 Å². The Hall–Kier alpha value is -2.08. The first kappa shape index (κ1) is 13.4. The van der Waals surface area contributed by atoms with Gasteiger partial charge >= 0.3 is 0 Å². The summed E-state index contributed by atoms with van der Waals surface area (Å²) in [4.78, 5) is 15.6. The van der Waals surface area contributed by atoms with Gasteiger partial charge in [0.2, 0.25) is 11.0 Å². The van der Waals surface area contributed by atoms with E-state index in [1.807, 2.05) is 26.0 Å². The fraction of sp³-hybridized carbons (Fsp3) is 0.231. The third kappa shape index (κ3) is 3.96. The molecule has 98 valence electrons. The van der Waals surface area contributed by atoms with Crippen molar-refractivity contribution in [3.63, 3.8) is 0 Å². The molecule has 2 heterocycles. The average Bonchev–Trinajstić information content (AvgIpc) is 2.86. The SMILES string of the molecule is CC(C)c1nnc(NC(=O)/C=C/c2ccncc2)s1. The highest BCUT2D eigenvalue weighted by Gasteiger charge is 2.08. The predicted octanol–water partition coefficient (Wildman–Crippen LogP) is 2.71. The van der Waals surface area contributed by atoms with Crippen molar-refractivity contribution < 1.29 is 4.79 Å². The summed E-state index contributed by atoms with van der Waals surface area (Å²) in [5, 5.41) is 12.1. The highest BCUT2D eigenvalue weighted by atomic mass is 32.1. The number of aromatic nitrogens is 3. The van der Waals surface area contributed by atoms with Crippen molar-refractivity contribution in [1.82, 2.24) is 15.2 Å². The van der Waals surface area contributed by atoms with Crippen LogP contribution in [0.1, 0.15) is 30.3 Å². The van der Waals surface area contributed by atoms with Gasteiger partial charge in [0, 0.05) is 24.4 Å². The Labute approximate surface area is 115 Å². The summed E-state index contributed by atoms with van der Waals surface area (Å²) in [7, 11) is 0. The van der Waals surface area contributed by atoms with Gasteiger partial charge in [-0.05, 0) is 23.8 Å². The zero-order valence-corrected chi connectivity index (χ0v) is 11.5. The van der Waals surface area contributed by atoms with Crippen LogP contribution < -0.4 is 5.32 Å². The molecule has 19 heavy (non-hydrogen) atoms. The van der Waals surface area contributed by atoms with Crippen LogP contribution >= 0.6 is 11.3 Å². The number of carbonyl (C=O) groups excluding carboxylic acids is 1. The second-order valence-electron chi connectivity index (χ2n) is 4.20. The van der Waals surface area contributed by atoms with Gasteiger partial charge in [0.05, 0.1) is 0 Å². The number of anilines is 1. The second kappa shape index (κ2) is 6.19. The first-order valence-corrected chi connectivity index (χ1v) is 6.69. The van der Waals surface area contributed by atoms with E-state index in [1.165, 1.54) is 17.4 Å². The Kier molecular flexibility index (Phi) is 4.35. The van der Waals surface area contributed by atoms with E-state index in [-0.39, 0.29) is 5.91 Å². The largest absolute Gasteiger partial charge is 0.297 e. The normalized spacial score (nSPS) is 11.1. The molecule has 0 aliphatic heterocycles. The van der Waals surface area contributed by atoms with Crippen LogP contribution in [0.15, 0.2) is 30.6 Å². The van der Waals surface area contributed by atoms with Crippen molar-refractivity contribution in [3.05, 3.63) is 41.2 Å². The fourth-order valence-electron chi connectivity index (χ4n) is 1.31. The Morgan fingerprint density at radius 2 is 2.05 bits per heavy atom. The van der Waals surface area contributed by atoms with Crippen LogP contribution in [0.2, 0.25) is 0 Å². The van der Waals surface area contributed by atoms with Crippen LogP contribution in [0.3, 0.4) is 0 Å². The molecule has 0 aliphatic carbocycles. The molecule has 2 rings (SSSR count). The summed E-state index contributed by atoms with van der Waals surface area (Å²) in [5.74, 6) is 0.0961. The molecule has 1 amide bonds. The average molecular weight is 274 g/mol. The molecule has 0 aliphatic rings. The van der Waals surface area contributed by atoms with Crippen LogP contribution in [0.5, 0.6) is 0 Å². The van der Waals surface area contributed by atoms with Gasteiger partial charge in [-0.2, -0.15) is 0 Å². The molecule has 0 saturated heterocycles. The second-order valence-corrected chi connectivity index (χ2v) is 5.21. The number of nitrogens with one attached hydrogen (secondary N) is 1. The zero-order chi connectivity index (χ0) is 13.7. The van der Waals surface area contributed by atoms with Crippen LogP contribution in [-0.4, -0.2) is 21.1 Å². The van der Waals surface area contributed by atoms with Gasteiger partial charge in [-0.15, -0.1) is 10.2 Å². The molecule has 0 fully saturated rings. The monoisotopic (exact) mass is 274 g/mol. The van der Waals surface area contributed by atoms with Crippen molar-refractivity contribution in [3.8, 4) is 0 Å². The summed E-state index contributed by atoms with van der Waals surface area (Å²) >= 11 is 1.39. The summed E-state index contributed by atoms with van der Waals surface area (Å²) in [6.07, 6.45) is 6.54. The van der Waals surface area contributed by atoms with Gasteiger partial charge in [-0.25, -0.2) is 0 Å². The van der Waals surface area contributed by atoms with Crippen molar-refractivity contribution >= 4 is 28.5 Å². The maximum Gasteiger partial charge on any atom is 0.250 e. The molecular formula is C13H14N4OS. The minimum Gasteiger partial charge on any atom is -0.297 e. The van der Waals surface area contributed by atoms with Gasteiger partial charge in [-0.3, -0.25) is 15.1 Å². The molecular weight excluding hydrogens is 260 g/mol. The summed E-state index contributed by atoms with van der Waals surface area (Å²) in [6, 6.07) is 3.65. The highest BCUT2D eigenvalue weighted by Crippen LogP contribution is 2.22. The van der Waals surface area contributed by atoms with Gasteiger partial charge in [0.1, 0.15) is 5.01 Å². The molecule has 0 spiro atoms. The summed E-state index contributed by atoms with van der Waals surface area (Å²) in [5.41, 5.74) is 0.922. The van der Waals surface area contributed by atoms with E-state index in [2.05, 4.69) is 20.5 Å². The molecule has 0 saturated carbocycles. The predicted molar refractivity (Wildman–Crippen MR) is 75.9 cm³/mol. The van der Waals surface area contributed by atoms with Gasteiger partial charge in [-0.1, -0.05) is 25.2 Å². The first-order valence-electron chi connectivity index (χ1n) is 5.87. The summed E-state index contributed by atoms with van der Waals surface area (Å²) in [6.45, 7) is 4.07. The molecule has 6 heteroatoms. The van der Waals surface area contributed by atoms with E-state index in [0.29, 0.717) is 11.0 Å². The van der Waals surface area contributed by atoms with Crippen molar-refractivity contribution in [1.29, 1.82) is 0 Å². The van der Waals surface area contributed by atoms with E-state index < -0.39 is 0 Å². The lowest BCUT2D eigenvalue weighted by atomic mass is 10.2. The third-order valence-electron chi connectivity index (χ3n) is 2.30. The minimum atomic E-state index is -0.219. The van der Waals surface area contributed by atoms with E-state index in [1.54, 1.807) is 18.5 Å². The lowest BCUT2D eigenvalue weighted by Crippen LogP contribution is -2.07. The Morgan fingerprint density at radius 3 is 2.68 bits per heavy atom. The summed E-state index contributed by atoms with van der Waals surface area (Å²) < 4.78 is 0. The number of carbonyl (C=O) groups is 1. The number of nitrogens with zero attached hydrogens (tertiary/aromatic N) is 3. The zero-order valence-electron chi connectivity index (χ0n) is 10.7. The van der Waals surface area contributed by atoms with E-state index in [0.717, 1.165) is 10.6 Å². The van der Waals surface area contributed by atoms with E-state index in [4.69, 9.17) is 0 Å². The number of pyridine rings is 1. The minimum absolute atomic E-state index is 0.219. The van der Waals surface area contributed by atoms with Crippen molar-refractivity contribution in [2.24, 2.45) is 0 Å². The molecule has 0 bridgehead atoms. The first-order chi connectivity index (χ1) is 9.15. The van der Waals surface area contributed by atoms with Crippen LogP contribution in [0.4, 0.5) is 5.13 Å². The molecule has 0 radical (unpaired) electrons. The lowest BCUT2D eigenvalue weighted by Gasteiger charge is -1.96. The van der Waals surface area contributed by atoms with Crippen LogP contribution in [-0.2, 0) is 4.79 Å². The third-order valence-corrected chi connectivity index (χ3v) is 3.44. The smallest absolute Gasteiger partial charge is 0.250 e. The maximum atomic E-state index is 11.7. The Balaban J connectivity index is 1.95. The maximum absolute atomic E-state index is 11.7. The quantitative estimate of drug-likeness (QED) is 0.870. The molecule has 2 aromatic heterocycles. The fourth-order valence-corrected chi connectivity index (χ4v) is 2.06. The topological polar surface area (TPSA) is 67.8 Å². The molecule has 0 unspecified atom stereocenters. The van der Waals surface area contributed by atoms with Crippen molar-refractivity contribution in [2.75, 3.05) is 5.32 Å².